The molecule has 0 radical (unpaired) electrons. The number of ether oxygens (including phenoxy) is 3. The van der Waals surface area contributed by atoms with Crippen molar-refractivity contribution >= 4 is 6.21 Å². The highest BCUT2D eigenvalue weighted by molar-refractivity contribution is 5.80. The summed E-state index contributed by atoms with van der Waals surface area (Å²) >= 11 is 0. The Kier molecular flexibility index (Phi) is 5.51. The maximum Gasteiger partial charge on any atom is 0.387 e. The average Bonchev–Trinajstić information content (AvgIpc) is 2.46. The summed E-state index contributed by atoms with van der Waals surface area (Å²) in [6.07, 6.45) is 1.42. The molecule has 1 aliphatic rings. The molecular weight excluding hydrogens is 300 g/mol. The Labute approximate surface area is 126 Å². The highest BCUT2D eigenvalue weighted by Crippen LogP contribution is 2.29. The van der Waals surface area contributed by atoms with E-state index in [9.17, 15) is 13.9 Å². The average molecular weight is 317 g/mol. The summed E-state index contributed by atoms with van der Waals surface area (Å²) in [5.74, 6) is 0.116. The van der Waals surface area contributed by atoms with Crippen LogP contribution in [-0.2, 0) is 9.57 Å². The van der Waals surface area contributed by atoms with Crippen molar-refractivity contribution in [2.45, 2.75) is 6.61 Å². The molecule has 1 aromatic carbocycles. The Morgan fingerprint density at radius 1 is 1.41 bits per heavy atom. The lowest BCUT2D eigenvalue weighted by Crippen LogP contribution is -2.48. The van der Waals surface area contributed by atoms with Gasteiger partial charge in [-0.1, -0.05) is 5.16 Å². The second kappa shape index (κ2) is 7.37. The number of halogens is 2. The molecule has 1 fully saturated rings. The van der Waals surface area contributed by atoms with Crippen molar-refractivity contribution in [1.82, 2.24) is 0 Å². The quantitative estimate of drug-likeness (QED) is 0.583. The van der Waals surface area contributed by atoms with Crippen LogP contribution in [0.1, 0.15) is 5.56 Å². The fraction of sp³-hybridized carbons (Fsp3) is 0.500. The number of hydrogen-bond acceptors (Lipinski definition) is 6. The minimum absolute atomic E-state index is 0.0317. The molecule has 1 N–H and O–H groups in total. The molecule has 1 aliphatic heterocycles. The predicted octanol–water partition coefficient (Wildman–Crippen LogP) is 1.66. The van der Waals surface area contributed by atoms with E-state index in [4.69, 9.17) is 14.3 Å². The minimum Gasteiger partial charge on any atom is -0.493 e. The predicted molar refractivity (Wildman–Crippen MR) is 73.5 cm³/mol. The third-order valence-electron chi connectivity index (χ3n) is 3.20. The van der Waals surface area contributed by atoms with Crippen LogP contribution in [0.5, 0.6) is 11.5 Å². The van der Waals surface area contributed by atoms with E-state index >= 15 is 0 Å². The van der Waals surface area contributed by atoms with E-state index in [1.807, 2.05) is 0 Å². The number of aliphatic hydroxyl groups excluding tert-OH is 1. The van der Waals surface area contributed by atoms with Crippen LogP contribution >= 0.6 is 0 Å². The first kappa shape index (κ1) is 16.4. The van der Waals surface area contributed by atoms with Gasteiger partial charge in [-0.25, -0.2) is 0 Å². The Morgan fingerprint density at radius 3 is 2.73 bits per heavy atom. The van der Waals surface area contributed by atoms with Gasteiger partial charge in [0.25, 0.3) is 0 Å². The van der Waals surface area contributed by atoms with Gasteiger partial charge in [0.15, 0.2) is 11.5 Å². The summed E-state index contributed by atoms with van der Waals surface area (Å²) in [5, 5.41) is 13.0. The maximum atomic E-state index is 12.2. The molecule has 0 spiro atoms. The van der Waals surface area contributed by atoms with Gasteiger partial charge >= 0.3 is 6.61 Å². The Morgan fingerprint density at radius 2 is 2.18 bits per heavy atom. The molecule has 0 unspecified atom stereocenters. The van der Waals surface area contributed by atoms with Crippen molar-refractivity contribution in [3.63, 3.8) is 0 Å². The number of hydrogen-bond donors (Lipinski definition) is 1. The van der Waals surface area contributed by atoms with Gasteiger partial charge in [-0.2, -0.15) is 8.78 Å². The lowest BCUT2D eigenvalue weighted by Gasteiger charge is -2.38. The lowest BCUT2D eigenvalue weighted by molar-refractivity contribution is -0.168. The van der Waals surface area contributed by atoms with Gasteiger partial charge in [0.1, 0.15) is 6.61 Å². The molecule has 0 aromatic heterocycles. The molecule has 1 aromatic rings. The van der Waals surface area contributed by atoms with Crippen molar-refractivity contribution in [2.75, 3.05) is 33.5 Å². The number of alkyl halides is 2. The van der Waals surface area contributed by atoms with Crippen LogP contribution in [0, 0.1) is 5.41 Å². The van der Waals surface area contributed by atoms with Gasteiger partial charge in [0.05, 0.1) is 38.6 Å². The molecule has 0 atom stereocenters. The normalized spacial score (nSPS) is 16.6. The molecule has 8 heteroatoms. The molecule has 22 heavy (non-hydrogen) atoms. The molecule has 0 bridgehead atoms. The lowest BCUT2D eigenvalue weighted by atomic mass is 9.88. The first-order valence-electron chi connectivity index (χ1n) is 6.55. The third-order valence-corrected chi connectivity index (χ3v) is 3.20. The second-order valence-corrected chi connectivity index (χ2v) is 4.95. The van der Waals surface area contributed by atoms with Gasteiger partial charge < -0.3 is 24.2 Å². The van der Waals surface area contributed by atoms with Gasteiger partial charge in [-0.05, 0) is 18.2 Å². The first-order chi connectivity index (χ1) is 10.6. The zero-order valence-electron chi connectivity index (χ0n) is 12.0. The Hall–Kier alpha value is -1.93. The number of aliphatic hydroxyl groups is 1. The van der Waals surface area contributed by atoms with Crippen molar-refractivity contribution in [2.24, 2.45) is 10.6 Å². The zero-order valence-corrected chi connectivity index (χ0v) is 12.0. The molecular formula is C14H17F2NO5. The molecule has 0 saturated carbocycles. The van der Waals surface area contributed by atoms with Crippen molar-refractivity contribution in [3.8, 4) is 11.5 Å². The third kappa shape index (κ3) is 4.05. The maximum absolute atomic E-state index is 12.2. The highest BCUT2D eigenvalue weighted by atomic mass is 19.3. The van der Waals surface area contributed by atoms with E-state index in [1.54, 1.807) is 6.07 Å². The van der Waals surface area contributed by atoms with Crippen LogP contribution in [0.2, 0.25) is 0 Å². The van der Waals surface area contributed by atoms with E-state index in [-0.39, 0.29) is 30.1 Å². The summed E-state index contributed by atoms with van der Waals surface area (Å²) < 4.78 is 38.8. The summed E-state index contributed by atoms with van der Waals surface area (Å²) in [4.78, 5) is 5.14. The fourth-order valence-corrected chi connectivity index (χ4v) is 1.84. The van der Waals surface area contributed by atoms with Crippen LogP contribution in [-0.4, -0.2) is 51.5 Å². The van der Waals surface area contributed by atoms with Gasteiger partial charge in [-0.3, -0.25) is 0 Å². The molecule has 6 nitrogen and oxygen atoms in total. The van der Waals surface area contributed by atoms with Crippen LogP contribution in [0.4, 0.5) is 8.78 Å². The van der Waals surface area contributed by atoms with E-state index in [0.717, 1.165) is 0 Å². The largest absolute Gasteiger partial charge is 0.493 e. The van der Waals surface area contributed by atoms with Crippen LogP contribution in [0.15, 0.2) is 23.4 Å². The summed E-state index contributed by atoms with van der Waals surface area (Å²) in [5.41, 5.74) is 0.214. The van der Waals surface area contributed by atoms with Crippen LogP contribution in [0.25, 0.3) is 0 Å². The fourth-order valence-electron chi connectivity index (χ4n) is 1.84. The zero-order chi connectivity index (χ0) is 16.0. The molecule has 1 heterocycles. The van der Waals surface area contributed by atoms with Crippen LogP contribution < -0.4 is 9.47 Å². The van der Waals surface area contributed by atoms with Crippen molar-refractivity contribution < 1.29 is 32.9 Å². The van der Waals surface area contributed by atoms with Crippen molar-refractivity contribution in [1.29, 1.82) is 0 Å². The smallest absolute Gasteiger partial charge is 0.387 e. The number of methoxy groups -OCH3 is 1. The van der Waals surface area contributed by atoms with Crippen LogP contribution in [0.3, 0.4) is 0 Å². The second-order valence-electron chi connectivity index (χ2n) is 4.95. The Balaban J connectivity index is 1.93. The highest BCUT2D eigenvalue weighted by Gasteiger charge is 2.39. The molecule has 0 aliphatic carbocycles. The summed E-state index contributed by atoms with van der Waals surface area (Å²) in [6.45, 7) is -1.84. The Bertz CT molecular complexity index is 514. The minimum atomic E-state index is -2.92. The molecule has 2 rings (SSSR count). The van der Waals surface area contributed by atoms with E-state index in [1.165, 1.54) is 25.5 Å². The van der Waals surface area contributed by atoms with Crippen molar-refractivity contribution in [3.05, 3.63) is 23.8 Å². The molecule has 122 valence electrons. The first-order valence-corrected chi connectivity index (χ1v) is 6.55. The van der Waals surface area contributed by atoms with E-state index in [2.05, 4.69) is 9.89 Å². The number of oxime groups is 1. The van der Waals surface area contributed by atoms with E-state index in [0.29, 0.717) is 18.8 Å². The molecule has 1 saturated heterocycles. The van der Waals surface area contributed by atoms with Gasteiger partial charge in [0, 0.05) is 5.56 Å². The monoisotopic (exact) mass is 317 g/mol. The number of nitrogens with zero attached hydrogens (tertiary/aromatic N) is 1. The molecule has 0 amide bonds. The van der Waals surface area contributed by atoms with E-state index < -0.39 is 6.61 Å². The summed E-state index contributed by atoms with van der Waals surface area (Å²) in [6, 6.07) is 4.40. The standard InChI is InChI=1S/C14H17F2NO5/c1-19-12-4-10(2-3-11(12)22-13(15)16)5-17-21-9-14(6-18)7-20-8-14/h2-5,13,18H,6-9H2,1H3. The van der Waals surface area contributed by atoms with Gasteiger partial charge in [0.2, 0.25) is 0 Å². The number of benzene rings is 1. The summed E-state index contributed by atoms with van der Waals surface area (Å²) in [7, 11) is 1.35. The SMILES string of the molecule is COc1cc(C=NOCC2(CO)COC2)ccc1OC(F)F. The number of rotatable bonds is 8. The topological polar surface area (TPSA) is 69.5 Å². The van der Waals surface area contributed by atoms with Gasteiger partial charge in [-0.15, -0.1) is 0 Å².